The number of carbonyl (C=O) groups is 2. The number of carbonyl (C=O) groups excluding carboxylic acids is 2. The molecule has 0 saturated carbocycles. The number of likely N-dealkylation sites (tertiary alicyclic amines) is 2. The summed E-state index contributed by atoms with van der Waals surface area (Å²) in [4.78, 5) is 39.3. The largest absolute Gasteiger partial charge is 0.342 e. The van der Waals surface area contributed by atoms with Gasteiger partial charge in [-0.1, -0.05) is 30.3 Å². The van der Waals surface area contributed by atoms with Crippen molar-refractivity contribution in [1.29, 1.82) is 0 Å². The van der Waals surface area contributed by atoms with Crippen molar-refractivity contribution in [2.45, 2.75) is 64.7 Å². The summed E-state index contributed by atoms with van der Waals surface area (Å²) in [5, 5.41) is 0. The number of hydrogen-bond acceptors (Lipinski definition) is 4. The fourth-order valence-electron chi connectivity index (χ4n) is 4.94. The number of amides is 2. The van der Waals surface area contributed by atoms with E-state index in [1.165, 1.54) is 6.42 Å². The zero-order valence-corrected chi connectivity index (χ0v) is 19.5. The summed E-state index contributed by atoms with van der Waals surface area (Å²) in [6, 6.07) is 9.94. The normalized spacial score (nSPS) is 19.8. The fourth-order valence-corrected chi connectivity index (χ4v) is 4.94. The Hall–Kier alpha value is -2.76. The summed E-state index contributed by atoms with van der Waals surface area (Å²) in [5.74, 6) is 1.14. The summed E-state index contributed by atoms with van der Waals surface area (Å²) in [6.07, 6.45) is 4.66. The van der Waals surface area contributed by atoms with E-state index in [1.807, 2.05) is 60.9 Å². The number of hydrogen-bond donors (Lipinski definition) is 0. The van der Waals surface area contributed by atoms with E-state index in [0.717, 1.165) is 67.2 Å². The smallest absolute Gasteiger partial charge is 0.229 e. The molecule has 170 valence electrons. The molecule has 0 bridgehead atoms. The molecule has 2 fully saturated rings. The van der Waals surface area contributed by atoms with Crippen molar-refractivity contribution in [1.82, 2.24) is 19.8 Å². The molecule has 0 aliphatic carbocycles. The van der Waals surface area contributed by atoms with Gasteiger partial charge in [-0.25, -0.2) is 9.97 Å². The summed E-state index contributed by atoms with van der Waals surface area (Å²) in [6.45, 7) is 9.05. The third kappa shape index (κ3) is 4.84. The van der Waals surface area contributed by atoms with Gasteiger partial charge in [0.05, 0.1) is 12.3 Å². The van der Waals surface area contributed by atoms with E-state index >= 15 is 0 Å². The van der Waals surface area contributed by atoms with Crippen molar-refractivity contribution in [3.05, 3.63) is 58.7 Å². The van der Waals surface area contributed by atoms with Crippen LogP contribution in [0.2, 0.25) is 0 Å². The average Bonchev–Trinajstić information content (AvgIpc) is 3.31. The standard InChI is InChI=1S/C26H34N4O2/c1-18(21-10-6-4-7-11-21)26(32)30-15-12-22(17-30)25-27-19(2)23(20(3)28-25)16-24(31)29-13-8-5-9-14-29/h4,6-7,10-11,18,22H,5,8-9,12-17H2,1-3H3/t18-,22+/m1/s1. The van der Waals surface area contributed by atoms with Crippen LogP contribution in [0.4, 0.5) is 0 Å². The maximum atomic E-state index is 13.0. The molecule has 0 spiro atoms. The van der Waals surface area contributed by atoms with Crippen LogP contribution in [0.1, 0.15) is 72.8 Å². The second-order valence-corrected chi connectivity index (χ2v) is 9.25. The zero-order chi connectivity index (χ0) is 22.7. The molecule has 2 aliphatic heterocycles. The van der Waals surface area contributed by atoms with Crippen molar-refractivity contribution in [2.24, 2.45) is 0 Å². The lowest BCUT2D eigenvalue weighted by Gasteiger charge is -2.27. The minimum atomic E-state index is -0.150. The number of nitrogens with zero attached hydrogens (tertiary/aromatic N) is 4. The highest BCUT2D eigenvalue weighted by molar-refractivity contribution is 5.83. The minimum absolute atomic E-state index is 0.145. The Bertz CT molecular complexity index is 946. The second-order valence-electron chi connectivity index (χ2n) is 9.25. The maximum absolute atomic E-state index is 13.0. The molecule has 1 aromatic heterocycles. The molecule has 3 heterocycles. The molecule has 2 aliphatic rings. The molecule has 4 rings (SSSR count). The van der Waals surface area contributed by atoms with E-state index in [0.29, 0.717) is 13.0 Å². The lowest BCUT2D eigenvalue weighted by atomic mass is 10.00. The molecule has 0 radical (unpaired) electrons. The summed E-state index contributed by atoms with van der Waals surface area (Å²) < 4.78 is 0. The molecule has 1 aromatic carbocycles. The highest BCUT2D eigenvalue weighted by atomic mass is 16.2. The van der Waals surface area contributed by atoms with Crippen molar-refractivity contribution in [3.63, 3.8) is 0 Å². The van der Waals surface area contributed by atoms with Crippen LogP contribution in [0.5, 0.6) is 0 Å². The Morgan fingerprint density at radius 3 is 2.28 bits per heavy atom. The Kier molecular flexibility index (Phi) is 6.87. The SMILES string of the molecule is Cc1nc([C@H]2CCN(C(=O)[C@H](C)c3ccccc3)C2)nc(C)c1CC(=O)N1CCCCC1. The van der Waals surface area contributed by atoms with Crippen molar-refractivity contribution in [2.75, 3.05) is 26.2 Å². The summed E-state index contributed by atoms with van der Waals surface area (Å²) in [7, 11) is 0. The van der Waals surface area contributed by atoms with Gasteiger partial charge in [-0.2, -0.15) is 0 Å². The summed E-state index contributed by atoms with van der Waals surface area (Å²) in [5.41, 5.74) is 3.78. The maximum Gasteiger partial charge on any atom is 0.229 e. The third-order valence-corrected chi connectivity index (χ3v) is 7.01. The van der Waals surface area contributed by atoms with Gasteiger partial charge in [0.25, 0.3) is 0 Å². The Balaban J connectivity index is 1.42. The topological polar surface area (TPSA) is 66.4 Å². The first-order valence-electron chi connectivity index (χ1n) is 11.9. The van der Waals surface area contributed by atoms with E-state index in [-0.39, 0.29) is 23.7 Å². The number of benzene rings is 1. The highest BCUT2D eigenvalue weighted by Crippen LogP contribution is 2.29. The molecule has 2 aromatic rings. The van der Waals surface area contributed by atoms with Crippen LogP contribution in [-0.2, 0) is 16.0 Å². The molecule has 2 amide bonds. The number of piperidine rings is 1. The molecule has 0 N–H and O–H groups in total. The molecular formula is C26H34N4O2. The van der Waals surface area contributed by atoms with E-state index in [4.69, 9.17) is 9.97 Å². The first-order valence-corrected chi connectivity index (χ1v) is 11.9. The fraction of sp³-hybridized carbons (Fsp3) is 0.538. The summed E-state index contributed by atoms with van der Waals surface area (Å²) >= 11 is 0. The van der Waals surface area contributed by atoms with Crippen molar-refractivity contribution < 1.29 is 9.59 Å². The van der Waals surface area contributed by atoms with Gasteiger partial charge >= 0.3 is 0 Å². The van der Waals surface area contributed by atoms with E-state index in [2.05, 4.69) is 0 Å². The minimum Gasteiger partial charge on any atom is -0.342 e. The quantitative estimate of drug-likeness (QED) is 0.719. The second kappa shape index (κ2) is 9.80. The van der Waals surface area contributed by atoms with E-state index in [1.54, 1.807) is 0 Å². The Morgan fingerprint density at radius 2 is 1.62 bits per heavy atom. The Morgan fingerprint density at radius 1 is 0.969 bits per heavy atom. The van der Waals surface area contributed by atoms with Gasteiger partial charge in [0.15, 0.2) is 0 Å². The first kappa shape index (κ1) is 22.4. The predicted molar refractivity (Wildman–Crippen MR) is 124 cm³/mol. The van der Waals surface area contributed by atoms with Gasteiger partial charge in [0, 0.05) is 49.0 Å². The van der Waals surface area contributed by atoms with Crippen molar-refractivity contribution in [3.8, 4) is 0 Å². The van der Waals surface area contributed by atoms with Crippen LogP contribution < -0.4 is 0 Å². The number of aromatic nitrogens is 2. The number of aryl methyl sites for hydroxylation is 2. The van der Waals surface area contributed by atoms with Crippen LogP contribution in [0.15, 0.2) is 30.3 Å². The van der Waals surface area contributed by atoms with Crippen LogP contribution >= 0.6 is 0 Å². The lowest BCUT2D eigenvalue weighted by molar-refractivity contribution is -0.132. The average molecular weight is 435 g/mol. The Labute approximate surface area is 191 Å². The van der Waals surface area contributed by atoms with E-state index < -0.39 is 0 Å². The van der Waals surface area contributed by atoms with Crippen molar-refractivity contribution >= 4 is 11.8 Å². The van der Waals surface area contributed by atoms with Crippen LogP contribution in [0.3, 0.4) is 0 Å². The van der Waals surface area contributed by atoms with Crippen LogP contribution in [-0.4, -0.2) is 57.8 Å². The third-order valence-electron chi connectivity index (χ3n) is 7.01. The van der Waals surface area contributed by atoms with E-state index in [9.17, 15) is 9.59 Å². The molecular weight excluding hydrogens is 400 g/mol. The van der Waals surface area contributed by atoms with Gasteiger partial charge in [0.1, 0.15) is 5.82 Å². The zero-order valence-electron chi connectivity index (χ0n) is 19.5. The molecule has 2 saturated heterocycles. The molecule has 2 atom stereocenters. The van der Waals surface area contributed by atoms with Gasteiger partial charge in [-0.3, -0.25) is 9.59 Å². The lowest BCUT2D eigenvalue weighted by Crippen LogP contribution is -2.37. The molecule has 0 unspecified atom stereocenters. The monoisotopic (exact) mass is 434 g/mol. The van der Waals surface area contributed by atoms with Crippen LogP contribution in [0.25, 0.3) is 0 Å². The number of rotatable bonds is 5. The highest BCUT2D eigenvalue weighted by Gasteiger charge is 2.32. The van der Waals surface area contributed by atoms with Gasteiger partial charge in [0.2, 0.25) is 11.8 Å². The van der Waals surface area contributed by atoms with Gasteiger partial charge in [-0.15, -0.1) is 0 Å². The molecule has 6 nitrogen and oxygen atoms in total. The molecule has 32 heavy (non-hydrogen) atoms. The first-order chi connectivity index (χ1) is 15.4. The molecule has 6 heteroatoms. The van der Waals surface area contributed by atoms with Crippen LogP contribution in [0, 0.1) is 13.8 Å². The van der Waals surface area contributed by atoms with Gasteiger partial charge in [-0.05, 0) is 52.0 Å². The van der Waals surface area contributed by atoms with Gasteiger partial charge < -0.3 is 9.80 Å². The predicted octanol–water partition coefficient (Wildman–Crippen LogP) is 3.77.